The molecule has 1 aromatic heterocycles. The van der Waals surface area contributed by atoms with Gasteiger partial charge in [-0.05, 0) is 57.0 Å². The summed E-state index contributed by atoms with van der Waals surface area (Å²) in [5.74, 6) is 0.122. The van der Waals surface area contributed by atoms with E-state index in [1.807, 2.05) is 39.0 Å². The zero-order valence-corrected chi connectivity index (χ0v) is 21.1. The maximum Gasteiger partial charge on any atom is 0.359 e. The highest BCUT2D eigenvalue weighted by atomic mass is 16.6. The first-order valence-electron chi connectivity index (χ1n) is 11.7. The third kappa shape index (κ3) is 6.09. The van der Waals surface area contributed by atoms with E-state index in [4.69, 9.17) is 14.2 Å². The Morgan fingerprint density at radius 2 is 1.94 bits per heavy atom. The number of hydrogen-bond acceptors (Lipinski definition) is 7. The molecule has 0 spiro atoms. The summed E-state index contributed by atoms with van der Waals surface area (Å²) in [5, 5.41) is 2.70. The number of ether oxygens (including phenoxy) is 3. The number of carbonyl (C=O) groups excluding carboxylic acids is 3. The average molecular weight is 484 g/mol. The van der Waals surface area contributed by atoms with E-state index in [9.17, 15) is 14.4 Å². The standard InChI is InChI=1S/C26H33N3O6/c1-7-27-25(31)19-10-16(4)24(28-13-19)26(32)35-23-12-20(14-29(23)17(5)30)18-8-9-21(33-6)22(11-18)34-15(2)3/h8-11,13,15,20,23H,7,12,14H2,1-6H3,(H,27,31)/t20-,23-/m1/s1. The molecule has 1 aliphatic rings. The van der Waals surface area contributed by atoms with Gasteiger partial charge in [0.15, 0.2) is 23.4 Å². The van der Waals surface area contributed by atoms with Crippen LogP contribution in [0.25, 0.3) is 0 Å². The predicted molar refractivity (Wildman–Crippen MR) is 130 cm³/mol. The van der Waals surface area contributed by atoms with Crippen molar-refractivity contribution in [2.24, 2.45) is 0 Å². The molecular formula is C26H33N3O6. The second-order valence-corrected chi connectivity index (χ2v) is 8.79. The van der Waals surface area contributed by atoms with Crippen LogP contribution in [0.5, 0.6) is 11.5 Å². The molecule has 1 aliphatic heterocycles. The monoisotopic (exact) mass is 483 g/mol. The lowest BCUT2D eigenvalue weighted by atomic mass is 9.97. The number of carbonyl (C=O) groups is 3. The van der Waals surface area contributed by atoms with Gasteiger partial charge in [-0.2, -0.15) is 0 Å². The molecule has 0 aliphatic carbocycles. The smallest absolute Gasteiger partial charge is 0.359 e. The van der Waals surface area contributed by atoms with Gasteiger partial charge in [0.1, 0.15) is 0 Å². The van der Waals surface area contributed by atoms with Crippen molar-refractivity contribution in [1.82, 2.24) is 15.2 Å². The molecule has 9 nitrogen and oxygen atoms in total. The van der Waals surface area contributed by atoms with E-state index in [1.165, 1.54) is 13.1 Å². The first-order chi connectivity index (χ1) is 16.6. The fourth-order valence-corrected chi connectivity index (χ4v) is 4.13. The number of aryl methyl sites for hydroxylation is 1. The van der Waals surface area contributed by atoms with Gasteiger partial charge < -0.3 is 24.4 Å². The highest BCUT2D eigenvalue weighted by Gasteiger charge is 2.38. The lowest BCUT2D eigenvalue weighted by Crippen LogP contribution is -2.37. The van der Waals surface area contributed by atoms with Gasteiger partial charge in [0.25, 0.3) is 5.91 Å². The zero-order valence-electron chi connectivity index (χ0n) is 21.1. The van der Waals surface area contributed by atoms with Crippen LogP contribution in [-0.2, 0) is 9.53 Å². The van der Waals surface area contributed by atoms with Crippen molar-refractivity contribution in [3.05, 3.63) is 52.8 Å². The quantitative estimate of drug-likeness (QED) is 0.573. The van der Waals surface area contributed by atoms with Crippen LogP contribution < -0.4 is 14.8 Å². The summed E-state index contributed by atoms with van der Waals surface area (Å²) in [6.07, 6.45) is 1.03. The van der Waals surface area contributed by atoms with Crippen molar-refractivity contribution < 1.29 is 28.6 Å². The van der Waals surface area contributed by atoms with Crippen LogP contribution in [0, 0.1) is 6.92 Å². The number of benzene rings is 1. The van der Waals surface area contributed by atoms with Crippen LogP contribution in [0.3, 0.4) is 0 Å². The fraction of sp³-hybridized carbons (Fsp3) is 0.462. The normalized spacial score (nSPS) is 17.3. The van der Waals surface area contributed by atoms with Gasteiger partial charge in [0.05, 0.1) is 18.8 Å². The maximum atomic E-state index is 12.9. The molecule has 0 saturated carbocycles. The summed E-state index contributed by atoms with van der Waals surface area (Å²) < 4.78 is 17.0. The number of pyridine rings is 1. The van der Waals surface area contributed by atoms with Crippen LogP contribution in [0.4, 0.5) is 0 Å². The van der Waals surface area contributed by atoms with Gasteiger partial charge in [0, 0.05) is 38.5 Å². The van der Waals surface area contributed by atoms with Crippen molar-refractivity contribution >= 4 is 17.8 Å². The molecule has 188 valence electrons. The van der Waals surface area contributed by atoms with Crippen LogP contribution in [0.1, 0.15) is 72.0 Å². The molecule has 2 atom stereocenters. The molecule has 1 saturated heterocycles. The zero-order chi connectivity index (χ0) is 25.7. The third-order valence-electron chi connectivity index (χ3n) is 5.79. The molecular weight excluding hydrogens is 450 g/mol. The second kappa shape index (κ2) is 11.2. The van der Waals surface area contributed by atoms with E-state index in [-0.39, 0.29) is 29.5 Å². The molecule has 2 amide bonds. The minimum atomic E-state index is -0.731. The topological polar surface area (TPSA) is 107 Å². The first kappa shape index (κ1) is 26.0. The van der Waals surface area contributed by atoms with Crippen molar-refractivity contribution in [1.29, 1.82) is 0 Å². The van der Waals surface area contributed by atoms with Gasteiger partial charge in [-0.1, -0.05) is 6.07 Å². The van der Waals surface area contributed by atoms with E-state index in [1.54, 1.807) is 25.0 Å². The Balaban J connectivity index is 1.79. The van der Waals surface area contributed by atoms with Gasteiger partial charge in [0.2, 0.25) is 5.91 Å². The van der Waals surface area contributed by atoms with Gasteiger partial charge in [-0.25, -0.2) is 9.78 Å². The summed E-state index contributed by atoms with van der Waals surface area (Å²) in [6, 6.07) is 7.29. The summed E-state index contributed by atoms with van der Waals surface area (Å²) in [6.45, 7) is 9.74. The Kier molecular flexibility index (Phi) is 8.32. The summed E-state index contributed by atoms with van der Waals surface area (Å²) >= 11 is 0. The molecule has 9 heteroatoms. The van der Waals surface area contributed by atoms with Crippen LogP contribution in [0.2, 0.25) is 0 Å². The lowest BCUT2D eigenvalue weighted by molar-refractivity contribution is -0.135. The summed E-state index contributed by atoms with van der Waals surface area (Å²) in [5.41, 5.74) is 1.97. The SMILES string of the molecule is CCNC(=O)c1cnc(C(=O)O[C@@H]2C[C@@H](c3ccc(OC)c(OC(C)C)c3)CN2C(C)=O)c(C)c1. The van der Waals surface area contributed by atoms with Crippen molar-refractivity contribution in [3.8, 4) is 11.5 Å². The number of likely N-dealkylation sites (tertiary alicyclic amines) is 1. The fourth-order valence-electron chi connectivity index (χ4n) is 4.13. The molecule has 1 N–H and O–H groups in total. The highest BCUT2D eigenvalue weighted by molar-refractivity contribution is 5.95. The summed E-state index contributed by atoms with van der Waals surface area (Å²) in [4.78, 5) is 43.0. The Labute approximate surface area is 205 Å². The van der Waals surface area contributed by atoms with Crippen LogP contribution >= 0.6 is 0 Å². The first-order valence-corrected chi connectivity index (χ1v) is 11.7. The molecule has 1 aromatic carbocycles. The van der Waals surface area contributed by atoms with Crippen molar-refractivity contribution in [3.63, 3.8) is 0 Å². The average Bonchev–Trinajstić information content (AvgIpc) is 3.22. The van der Waals surface area contributed by atoms with Gasteiger partial charge in [-0.15, -0.1) is 0 Å². The van der Waals surface area contributed by atoms with E-state index < -0.39 is 12.2 Å². The minimum absolute atomic E-state index is 0.0275. The summed E-state index contributed by atoms with van der Waals surface area (Å²) in [7, 11) is 1.59. The number of nitrogens with one attached hydrogen (secondary N) is 1. The van der Waals surface area contributed by atoms with Crippen molar-refractivity contribution in [2.45, 2.75) is 59.3 Å². The third-order valence-corrected chi connectivity index (χ3v) is 5.79. The molecule has 35 heavy (non-hydrogen) atoms. The largest absolute Gasteiger partial charge is 0.493 e. The molecule has 2 heterocycles. The predicted octanol–water partition coefficient (Wildman–Crippen LogP) is 3.45. The Morgan fingerprint density at radius 1 is 1.20 bits per heavy atom. The Morgan fingerprint density at radius 3 is 2.54 bits per heavy atom. The van der Waals surface area contributed by atoms with E-state index in [0.717, 1.165) is 5.56 Å². The number of rotatable bonds is 8. The maximum absolute atomic E-state index is 12.9. The molecule has 0 radical (unpaired) electrons. The molecule has 2 aromatic rings. The van der Waals surface area contributed by atoms with E-state index in [2.05, 4.69) is 10.3 Å². The lowest BCUT2D eigenvalue weighted by Gasteiger charge is -2.23. The number of aromatic nitrogens is 1. The number of nitrogens with zero attached hydrogens (tertiary/aromatic N) is 2. The Bertz CT molecular complexity index is 1100. The Hall–Kier alpha value is -3.62. The number of amides is 2. The van der Waals surface area contributed by atoms with Crippen molar-refractivity contribution in [2.75, 3.05) is 20.2 Å². The van der Waals surface area contributed by atoms with Gasteiger partial charge >= 0.3 is 5.97 Å². The number of hydrogen-bond donors (Lipinski definition) is 1. The molecule has 1 fully saturated rings. The molecule has 3 rings (SSSR count). The second-order valence-electron chi connectivity index (χ2n) is 8.79. The minimum Gasteiger partial charge on any atom is -0.493 e. The van der Waals surface area contributed by atoms with E-state index in [0.29, 0.717) is 42.1 Å². The highest BCUT2D eigenvalue weighted by Crippen LogP contribution is 2.37. The molecule has 0 unspecified atom stereocenters. The van der Waals surface area contributed by atoms with E-state index >= 15 is 0 Å². The van der Waals surface area contributed by atoms with Crippen LogP contribution in [0.15, 0.2) is 30.5 Å². The molecule has 0 bridgehead atoms. The van der Waals surface area contributed by atoms with Gasteiger partial charge in [-0.3, -0.25) is 9.59 Å². The number of methoxy groups -OCH3 is 1. The van der Waals surface area contributed by atoms with Crippen LogP contribution in [-0.4, -0.2) is 60.2 Å². The number of esters is 1.